The Balaban J connectivity index is 2.32. The van der Waals surface area contributed by atoms with Crippen molar-refractivity contribution < 1.29 is 9.59 Å². The minimum atomic E-state index is -0.526. The van der Waals surface area contributed by atoms with E-state index in [4.69, 9.17) is 11.5 Å². The maximum absolute atomic E-state index is 12.7. The van der Waals surface area contributed by atoms with E-state index in [1.165, 1.54) is 0 Å². The molecule has 5 heteroatoms. The summed E-state index contributed by atoms with van der Waals surface area (Å²) in [6, 6.07) is 6.57. The molecule has 5 nitrogen and oxygen atoms in total. The Morgan fingerprint density at radius 2 is 2.05 bits per heavy atom. The van der Waals surface area contributed by atoms with Crippen molar-refractivity contribution in [3.63, 3.8) is 0 Å². The quantitative estimate of drug-likeness (QED) is 0.774. The smallest absolute Gasteiger partial charge is 0.255 e. The van der Waals surface area contributed by atoms with Crippen LogP contribution in [-0.2, 0) is 4.79 Å². The van der Waals surface area contributed by atoms with E-state index in [1.807, 2.05) is 6.07 Å². The van der Waals surface area contributed by atoms with E-state index in [1.54, 1.807) is 23.1 Å². The number of nitrogens with two attached hydrogens (primary N) is 2. The lowest BCUT2D eigenvalue weighted by atomic mass is 9.99. The van der Waals surface area contributed by atoms with E-state index in [-0.39, 0.29) is 12.5 Å². The summed E-state index contributed by atoms with van der Waals surface area (Å²) in [4.78, 5) is 25.8. The van der Waals surface area contributed by atoms with Crippen LogP contribution in [0.1, 0.15) is 35.2 Å². The summed E-state index contributed by atoms with van der Waals surface area (Å²) in [7, 11) is 0. The summed E-state index contributed by atoms with van der Waals surface area (Å²) in [5.41, 5.74) is 11.9. The van der Waals surface area contributed by atoms with Crippen LogP contribution in [-0.4, -0.2) is 35.8 Å². The van der Waals surface area contributed by atoms with Gasteiger partial charge in [-0.2, -0.15) is 0 Å². The van der Waals surface area contributed by atoms with Gasteiger partial charge in [0.25, 0.3) is 5.91 Å². The number of hydrogen-bond donors (Lipinski definition) is 2. The lowest BCUT2D eigenvalue weighted by Gasteiger charge is -2.33. The van der Waals surface area contributed by atoms with Crippen LogP contribution in [0.25, 0.3) is 0 Å². The van der Waals surface area contributed by atoms with Crippen molar-refractivity contribution in [1.29, 1.82) is 0 Å². The molecule has 1 aliphatic rings. The number of benzene rings is 1. The molecule has 0 spiro atoms. The highest BCUT2D eigenvalue weighted by Crippen LogP contribution is 2.21. The monoisotopic (exact) mass is 285 g/mol. The summed E-state index contributed by atoms with van der Waals surface area (Å²) < 4.78 is 0. The third-order valence-corrected chi connectivity index (χ3v) is 3.57. The predicted molar refractivity (Wildman–Crippen MR) is 80.2 cm³/mol. The number of primary amides is 1. The van der Waals surface area contributed by atoms with Gasteiger partial charge in [0.15, 0.2) is 0 Å². The second kappa shape index (κ2) is 6.91. The van der Waals surface area contributed by atoms with E-state index in [9.17, 15) is 9.59 Å². The maximum Gasteiger partial charge on any atom is 0.255 e. The van der Waals surface area contributed by atoms with Gasteiger partial charge in [-0.1, -0.05) is 24.0 Å². The number of carbonyl (C=O) groups is 2. The fraction of sp³-hybridized carbons (Fsp3) is 0.375. The highest BCUT2D eigenvalue weighted by Gasteiger charge is 2.31. The van der Waals surface area contributed by atoms with Crippen molar-refractivity contribution in [2.45, 2.75) is 25.3 Å². The van der Waals surface area contributed by atoms with Gasteiger partial charge in [-0.05, 0) is 31.4 Å². The molecule has 1 saturated heterocycles. The molecule has 0 aromatic heterocycles. The Hall–Kier alpha value is -2.32. The first-order valence-electron chi connectivity index (χ1n) is 7.03. The van der Waals surface area contributed by atoms with Crippen LogP contribution in [0.5, 0.6) is 0 Å². The minimum Gasteiger partial charge on any atom is -0.368 e. The molecule has 0 radical (unpaired) electrons. The van der Waals surface area contributed by atoms with E-state index in [0.717, 1.165) is 12.8 Å². The molecular formula is C16H19N3O2. The molecule has 110 valence electrons. The molecule has 1 aliphatic heterocycles. The van der Waals surface area contributed by atoms with Crippen LogP contribution >= 0.6 is 0 Å². The van der Waals surface area contributed by atoms with Gasteiger partial charge < -0.3 is 16.4 Å². The van der Waals surface area contributed by atoms with Crippen molar-refractivity contribution in [3.05, 3.63) is 35.4 Å². The fourth-order valence-corrected chi connectivity index (χ4v) is 2.55. The first kappa shape index (κ1) is 15.1. The first-order chi connectivity index (χ1) is 10.1. The van der Waals surface area contributed by atoms with E-state index >= 15 is 0 Å². The molecule has 21 heavy (non-hydrogen) atoms. The number of carbonyl (C=O) groups excluding carboxylic acids is 2. The average Bonchev–Trinajstić information content (AvgIpc) is 2.52. The summed E-state index contributed by atoms with van der Waals surface area (Å²) in [6.45, 7) is 0.779. The summed E-state index contributed by atoms with van der Waals surface area (Å²) in [6.07, 6.45) is 2.41. The lowest BCUT2D eigenvalue weighted by Crippen LogP contribution is -2.50. The zero-order valence-corrected chi connectivity index (χ0v) is 11.8. The summed E-state index contributed by atoms with van der Waals surface area (Å²) in [5.74, 6) is 5.01. The molecule has 0 aliphatic carbocycles. The largest absolute Gasteiger partial charge is 0.368 e. The summed E-state index contributed by atoms with van der Waals surface area (Å²) >= 11 is 0. The molecule has 2 amide bonds. The van der Waals surface area contributed by atoms with Gasteiger partial charge in [-0.15, -0.1) is 0 Å². The van der Waals surface area contributed by atoms with Crippen molar-refractivity contribution in [2.24, 2.45) is 11.5 Å². The molecule has 4 N–H and O–H groups in total. The van der Waals surface area contributed by atoms with Crippen LogP contribution < -0.4 is 11.5 Å². The van der Waals surface area contributed by atoms with Crippen molar-refractivity contribution in [2.75, 3.05) is 13.1 Å². The number of likely N-dealkylation sites (tertiary alicyclic amines) is 1. The van der Waals surface area contributed by atoms with Crippen LogP contribution in [0.15, 0.2) is 24.3 Å². The molecule has 0 bridgehead atoms. The van der Waals surface area contributed by atoms with E-state index in [0.29, 0.717) is 24.1 Å². The molecule has 1 unspecified atom stereocenters. The van der Waals surface area contributed by atoms with Crippen LogP contribution in [0.3, 0.4) is 0 Å². The average molecular weight is 285 g/mol. The zero-order valence-electron chi connectivity index (χ0n) is 11.8. The molecule has 1 aromatic rings. The van der Waals surface area contributed by atoms with Crippen LogP contribution in [0, 0.1) is 11.8 Å². The molecule has 1 heterocycles. The number of piperidine rings is 1. The summed E-state index contributed by atoms with van der Waals surface area (Å²) in [5, 5.41) is 0. The highest BCUT2D eigenvalue weighted by molar-refractivity contribution is 5.99. The van der Waals surface area contributed by atoms with Crippen molar-refractivity contribution in [1.82, 2.24) is 4.90 Å². The van der Waals surface area contributed by atoms with Gasteiger partial charge in [0.1, 0.15) is 6.04 Å². The van der Waals surface area contributed by atoms with Crippen molar-refractivity contribution in [3.8, 4) is 11.8 Å². The Bertz CT molecular complexity index is 601. The molecule has 2 rings (SSSR count). The Morgan fingerprint density at radius 3 is 2.76 bits per heavy atom. The molecule has 1 atom stereocenters. The molecule has 1 aromatic carbocycles. The normalized spacial score (nSPS) is 17.8. The number of amides is 2. The van der Waals surface area contributed by atoms with E-state index < -0.39 is 11.9 Å². The van der Waals surface area contributed by atoms with E-state index in [2.05, 4.69) is 11.8 Å². The third kappa shape index (κ3) is 3.41. The SMILES string of the molecule is NCC#Cc1ccccc1C(=O)N1CCCCC1C(N)=O. The van der Waals surface area contributed by atoms with Crippen LogP contribution in [0.4, 0.5) is 0 Å². The molecular weight excluding hydrogens is 266 g/mol. The number of hydrogen-bond acceptors (Lipinski definition) is 3. The second-order valence-electron chi connectivity index (χ2n) is 4.96. The topological polar surface area (TPSA) is 89.4 Å². The van der Waals surface area contributed by atoms with Gasteiger partial charge in [0.05, 0.1) is 12.1 Å². The lowest BCUT2D eigenvalue weighted by molar-refractivity contribution is -0.123. The van der Waals surface area contributed by atoms with Gasteiger partial charge in [0.2, 0.25) is 5.91 Å². The maximum atomic E-state index is 12.7. The van der Waals surface area contributed by atoms with Gasteiger partial charge in [0, 0.05) is 12.1 Å². The third-order valence-electron chi connectivity index (χ3n) is 3.57. The van der Waals surface area contributed by atoms with Crippen LogP contribution in [0.2, 0.25) is 0 Å². The Kier molecular flexibility index (Phi) is 4.96. The second-order valence-corrected chi connectivity index (χ2v) is 4.96. The standard InChI is InChI=1S/C16H19N3O2/c17-10-5-7-12-6-1-2-8-13(12)16(21)19-11-4-3-9-14(19)15(18)20/h1-2,6,8,14H,3-4,9-11,17H2,(H2,18,20). The zero-order chi connectivity index (χ0) is 15.2. The van der Waals surface area contributed by atoms with Gasteiger partial charge in [-0.25, -0.2) is 0 Å². The fourth-order valence-electron chi connectivity index (χ4n) is 2.55. The Morgan fingerprint density at radius 1 is 1.29 bits per heavy atom. The Labute approximate surface area is 124 Å². The highest BCUT2D eigenvalue weighted by atomic mass is 16.2. The van der Waals surface area contributed by atoms with Gasteiger partial charge >= 0.3 is 0 Å². The predicted octanol–water partition coefficient (Wildman–Crippen LogP) is 0.477. The van der Waals surface area contributed by atoms with Gasteiger partial charge in [-0.3, -0.25) is 9.59 Å². The molecule has 1 fully saturated rings. The molecule has 0 saturated carbocycles. The number of nitrogens with zero attached hydrogens (tertiary/aromatic N) is 1. The van der Waals surface area contributed by atoms with Crippen molar-refractivity contribution >= 4 is 11.8 Å². The first-order valence-corrected chi connectivity index (χ1v) is 7.03. The minimum absolute atomic E-state index is 0.194. The number of rotatable bonds is 2.